The summed E-state index contributed by atoms with van der Waals surface area (Å²) in [6.07, 6.45) is 0. The second-order valence-corrected chi connectivity index (χ2v) is 5.39. The van der Waals surface area contributed by atoms with Gasteiger partial charge in [0.25, 0.3) is 11.8 Å². The van der Waals surface area contributed by atoms with Crippen LogP contribution >= 0.6 is 11.5 Å². The molecule has 0 bridgehead atoms. The molecule has 0 radical (unpaired) electrons. The van der Waals surface area contributed by atoms with E-state index in [-0.39, 0.29) is 11.8 Å². The maximum Gasteiger partial charge on any atom is 0.260 e. The Morgan fingerprint density at radius 3 is 2.73 bits per heavy atom. The van der Waals surface area contributed by atoms with Gasteiger partial charge >= 0.3 is 0 Å². The van der Waals surface area contributed by atoms with Crippen molar-refractivity contribution >= 4 is 34.0 Å². The van der Waals surface area contributed by atoms with Crippen LogP contribution in [0.25, 0.3) is 0 Å². The molecule has 0 atom stereocenters. The lowest BCUT2D eigenvalue weighted by molar-refractivity contribution is 0.0954. The van der Waals surface area contributed by atoms with Crippen LogP contribution in [0, 0.1) is 6.92 Å². The normalized spacial score (nSPS) is 10.1. The van der Waals surface area contributed by atoms with E-state index in [4.69, 9.17) is 0 Å². The van der Waals surface area contributed by atoms with Gasteiger partial charge in [-0.05, 0) is 43.6 Å². The smallest absolute Gasteiger partial charge is 0.260 e. The van der Waals surface area contributed by atoms with Gasteiger partial charge < -0.3 is 16.0 Å². The van der Waals surface area contributed by atoms with Crippen LogP contribution in [0.2, 0.25) is 0 Å². The van der Waals surface area contributed by atoms with E-state index in [1.165, 1.54) is 11.5 Å². The van der Waals surface area contributed by atoms with Crippen LogP contribution in [-0.4, -0.2) is 29.8 Å². The van der Waals surface area contributed by atoms with Crippen molar-refractivity contribution in [1.29, 1.82) is 0 Å². The van der Waals surface area contributed by atoms with Gasteiger partial charge in [-0.25, -0.2) is 0 Å². The molecule has 116 valence electrons. The van der Waals surface area contributed by atoms with E-state index in [0.717, 1.165) is 5.00 Å². The second-order valence-electron chi connectivity index (χ2n) is 4.62. The molecular weight excluding hydrogens is 300 g/mol. The van der Waals surface area contributed by atoms with Gasteiger partial charge in [0.2, 0.25) is 0 Å². The number of aromatic nitrogens is 1. The van der Waals surface area contributed by atoms with Gasteiger partial charge in [0.1, 0.15) is 5.00 Å². The van der Waals surface area contributed by atoms with E-state index in [9.17, 15) is 9.59 Å². The minimum absolute atomic E-state index is 0.164. The highest BCUT2D eigenvalue weighted by Crippen LogP contribution is 2.25. The highest BCUT2D eigenvalue weighted by Gasteiger charge is 2.18. The van der Waals surface area contributed by atoms with Crippen LogP contribution in [-0.2, 0) is 0 Å². The van der Waals surface area contributed by atoms with Gasteiger partial charge in [-0.2, -0.15) is 4.37 Å². The Morgan fingerprint density at radius 2 is 2.05 bits per heavy atom. The van der Waals surface area contributed by atoms with Gasteiger partial charge in [-0.15, -0.1) is 0 Å². The predicted molar refractivity (Wildman–Crippen MR) is 88.8 cm³/mol. The summed E-state index contributed by atoms with van der Waals surface area (Å²) in [6, 6.07) is 6.83. The Bertz CT molecular complexity index is 697. The minimum Gasteiger partial charge on any atom is -0.378 e. The lowest BCUT2D eigenvalue weighted by Gasteiger charge is -2.08. The van der Waals surface area contributed by atoms with Crippen LogP contribution in [0.15, 0.2) is 24.3 Å². The summed E-state index contributed by atoms with van der Waals surface area (Å²) in [6.45, 7) is 4.20. The van der Waals surface area contributed by atoms with Gasteiger partial charge in [0.15, 0.2) is 0 Å². The molecule has 0 aliphatic heterocycles. The highest BCUT2D eigenvalue weighted by atomic mass is 32.1. The van der Waals surface area contributed by atoms with Crippen LogP contribution < -0.4 is 16.0 Å². The number of hydrogen-bond acceptors (Lipinski definition) is 5. The van der Waals surface area contributed by atoms with Crippen LogP contribution in [0.3, 0.4) is 0 Å². The molecule has 3 N–H and O–H groups in total. The Balaban J connectivity index is 2.20. The largest absolute Gasteiger partial charge is 0.378 e. The zero-order chi connectivity index (χ0) is 16.1. The van der Waals surface area contributed by atoms with Crippen molar-refractivity contribution in [3.05, 3.63) is 41.1 Å². The number of carbonyl (C=O) groups is 2. The molecule has 1 aromatic heterocycles. The third-order valence-corrected chi connectivity index (χ3v) is 3.99. The van der Waals surface area contributed by atoms with Crippen LogP contribution in [0.1, 0.15) is 33.3 Å². The highest BCUT2D eigenvalue weighted by molar-refractivity contribution is 7.10. The average molecular weight is 318 g/mol. The first-order valence-corrected chi connectivity index (χ1v) is 7.67. The first-order valence-electron chi connectivity index (χ1n) is 6.90. The van der Waals surface area contributed by atoms with Crippen molar-refractivity contribution in [3.63, 3.8) is 0 Å². The van der Waals surface area contributed by atoms with Gasteiger partial charge in [0.05, 0.1) is 11.3 Å². The van der Waals surface area contributed by atoms with E-state index in [1.807, 2.05) is 6.92 Å². The predicted octanol–water partition coefficient (Wildman–Crippen LogP) is 2.50. The molecule has 0 unspecified atom stereocenters. The fourth-order valence-electron chi connectivity index (χ4n) is 2.00. The molecule has 6 nitrogen and oxygen atoms in total. The zero-order valence-electron chi connectivity index (χ0n) is 12.7. The number of nitrogens with zero attached hydrogens (tertiary/aromatic N) is 1. The van der Waals surface area contributed by atoms with Crippen molar-refractivity contribution in [3.8, 4) is 0 Å². The maximum atomic E-state index is 12.4. The number of rotatable bonds is 5. The zero-order valence-corrected chi connectivity index (χ0v) is 13.5. The number of benzene rings is 1. The third-order valence-electron chi connectivity index (χ3n) is 3.04. The van der Waals surface area contributed by atoms with Crippen molar-refractivity contribution in [2.45, 2.75) is 13.8 Å². The molecular formula is C15H18N4O2S. The van der Waals surface area contributed by atoms with Gasteiger partial charge in [0, 0.05) is 24.8 Å². The summed E-state index contributed by atoms with van der Waals surface area (Å²) in [5, 5.41) is 9.21. The van der Waals surface area contributed by atoms with Gasteiger partial charge in [-0.1, -0.05) is 6.07 Å². The van der Waals surface area contributed by atoms with Crippen LogP contribution in [0.5, 0.6) is 0 Å². The second kappa shape index (κ2) is 7.04. The lowest BCUT2D eigenvalue weighted by Crippen LogP contribution is -2.22. The van der Waals surface area contributed by atoms with E-state index < -0.39 is 0 Å². The van der Waals surface area contributed by atoms with E-state index in [2.05, 4.69) is 20.3 Å². The number of nitrogens with one attached hydrogen (secondary N) is 3. The molecule has 0 saturated carbocycles. The number of aryl methyl sites for hydroxylation is 1. The number of amides is 2. The van der Waals surface area contributed by atoms with Crippen molar-refractivity contribution in [2.24, 2.45) is 0 Å². The first-order chi connectivity index (χ1) is 10.6. The molecule has 7 heteroatoms. The summed E-state index contributed by atoms with van der Waals surface area (Å²) in [5.74, 6) is -0.411. The Kier molecular flexibility index (Phi) is 5.11. The fourth-order valence-corrected chi connectivity index (χ4v) is 2.74. The molecule has 2 amide bonds. The molecule has 0 saturated heterocycles. The van der Waals surface area contributed by atoms with Gasteiger partial charge in [-0.3, -0.25) is 9.59 Å². The molecule has 1 aromatic carbocycles. The topological polar surface area (TPSA) is 83.1 Å². The molecule has 22 heavy (non-hydrogen) atoms. The number of carbonyl (C=O) groups excluding carboxylic acids is 2. The monoisotopic (exact) mass is 318 g/mol. The summed E-state index contributed by atoms with van der Waals surface area (Å²) < 4.78 is 4.17. The maximum absolute atomic E-state index is 12.4. The van der Waals surface area contributed by atoms with E-state index >= 15 is 0 Å². The average Bonchev–Trinajstić information content (AvgIpc) is 2.88. The molecule has 2 aromatic rings. The number of anilines is 2. The molecule has 0 spiro atoms. The quantitative estimate of drug-likeness (QED) is 0.791. The molecule has 1 heterocycles. The molecule has 0 aliphatic rings. The Hall–Kier alpha value is -2.41. The Labute approximate surface area is 133 Å². The van der Waals surface area contributed by atoms with Crippen molar-refractivity contribution < 1.29 is 9.59 Å². The summed E-state index contributed by atoms with van der Waals surface area (Å²) >= 11 is 1.24. The summed E-state index contributed by atoms with van der Waals surface area (Å²) in [5.41, 5.74) is 2.28. The number of hydrogen-bond donors (Lipinski definition) is 3. The lowest BCUT2D eigenvalue weighted by atomic mass is 10.1. The summed E-state index contributed by atoms with van der Waals surface area (Å²) in [4.78, 5) is 24.2. The van der Waals surface area contributed by atoms with E-state index in [1.54, 1.807) is 38.2 Å². The van der Waals surface area contributed by atoms with E-state index in [0.29, 0.717) is 29.1 Å². The molecule has 2 rings (SSSR count). The standard InChI is InChI=1S/C15H18N4O2S/c1-4-17-13(20)10-6-5-7-11(8-10)18-14(21)12-9(2)19-22-15(12)16-3/h5-8,16H,4H2,1-3H3,(H,17,20)(H,18,21). The third kappa shape index (κ3) is 3.43. The SMILES string of the molecule is CCNC(=O)c1cccc(NC(=O)c2c(C)nsc2NC)c1. The van der Waals surface area contributed by atoms with Crippen molar-refractivity contribution in [2.75, 3.05) is 24.2 Å². The first kappa shape index (κ1) is 16.0. The van der Waals surface area contributed by atoms with Crippen molar-refractivity contribution in [1.82, 2.24) is 9.69 Å². The minimum atomic E-state index is -0.247. The van der Waals surface area contributed by atoms with Crippen LogP contribution in [0.4, 0.5) is 10.7 Å². The fraction of sp³-hybridized carbons (Fsp3) is 0.267. The summed E-state index contributed by atoms with van der Waals surface area (Å²) in [7, 11) is 1.75. The Morgan fingerprint density at radius 1 is 1.27 bits per heavy atom. The molecule has 0 fully saturated rings. The molecule has 0 aliphatic carbocycles.